The Bertz CT molecular complexity index is 794. The first-order chi connectivity index (χ1) is 11.2. The molecule has 2 N–H and O–H groups in total. The van der Waals surface area contributed by atoms with Gasteiger partial charge in [0, 0.05) is 10.7 Å². The third kappa shape index (κ3) is 4.45. The van der Waals surface area contributed by atoms with E-state index >= 15 is 0 Å². The Balaban J connectivity index is 2.16. The Morgan fingerprint density at radius 2 is 1.75 bits per heavy atom. The number of benzene rings is 1. The van der Waals surface area contributed by atoms with Crippen molar-refractivity contribution in [3.63, 3.8) is 0 Å². The number of aryl methyl sites for hydroxylation is 1. The van der Waals surface area contributed by atoms with E-state index in [0.717, 1.165) is 6.07 Å². The van der Waals surface area contributed by atoms with Crippen molar-refractivity contribution in [1.29, 1.82) is 0 Å². The smallest absolute Gasteiger partial charge is 0.317 e. The van der Waals surface area contributed by atoms with Crippen molar-refractivity contribution < 1.29 is 22.8 Å². The molecule has 1 aromatic carbocycles. The van der Waals surface area contributed by atoms with E-state index in [2.05, 4.69) is 10.3 Å². The van der Waals surface area contributed by atoms with Crippen LogP contribution in [0.1, 0.15) is 11.3 Å². The van der Waals surface area contributed by atoms with Gasteiger partial charge in [-0.15, -0.1) is 0 Å². The van der Waals surface area contributed by atoms with E-state index in [1.165, 1.54) is 12.1 Å². The number of carbonyl (C=O) groups excluding carboxylic acids is 2. The normalized spacial score (nSPS) is 11.0. The fourth-order valence-electron chi connectivity index (χ4n) is 1.82. The minimum atomic E-state index is -4.73. The van der Waals surface area contributed by atoms with E-state index in [9.17, 15) is 22.8 Å². The summed E-state index contributed by atoms with van der Waals surface area (Å²) < 4.78 is 38.9. The highest BCUT2D eigenvalue weighted by Crippen LogP contribution is 2.36. The van der Waals surface area contributed by atoms with Crippen molar-refractivity contribution in [2.45, 2.75) is 13.1 Å². The van der Waals surface area contributed by atoms with Gasteiger partial charge in [0.2, 0.25) is 0 Å². The first-order valence-corrected chi connectivity index (χ1v) is 6.97. The van der Waals surface area contributed by atoms with Gasteiger partial charge in [-0.1, -0.05) is 17.7 Å². The van der Waals surface area contributed by atoms with Crippen LogP contribution in [0, 0.1) is 6.92 Å². The lowest BCUT2D eigenvalue weighted by atomic mass is 10.1. The molecular weight excluding hydrogens is 347 g/mol. The lowest BCUT2D eigenvalue weighted by molar-refractivity contribution is -0.137. The summed E-state index contributed by atoms with van der Waals surface area (Å²) >= 11 is 5.54. The van der Waals surface area contributed by atoms with Crippen LogP contribution in [-0.2, 0) is 15.8 Å². The maximum atomic E-state index is 13.0. The minimum Gasteiger partial charge on any atom is -0.317 e. The van der Waals surface area contributed by atoms with Gasteiger partial charge in [0.25, 0.3) is 0 Å². The van der Waals surface area contributed by atoms with Gasteiger partial charge in [-0.25, -0.2) is 4.98 Å². The quantitative estimate of drug-likeness (QED) is 0.806. The summed E-state index contributed by atoms with van der Waals surface area (Å²) in [5, 5.41) is 3.98. The Labute approximate surface area is 139 Å². The van der Waals surface area contributed by atoms with E-state index in [0.29, 0.717) is 11.8 Å². The Morgan fingerprint density at radius 3 is 2.38 bits per heavy atom. The predicted molar refractivity (Wildman–Crippen MR) is 82.7 cm³/mol. The van der Waals surface area contributed by atoms with Crippen LogP contribution in [0.4, 0.5) is 24.7 Å². The second-order valence-corrected chi connectivity index (χ2v) is 5.20. The van der Waals surface area contributed by atoms with E-state index in [1.807, 2.05) is 5.32 Å². The number of amides is 2. The summed E-state index contributed by atoms with van der Waals surface area (Å²) in [5.74, 6) is -2.29. The summed E-state index contributed by atoms with van der Waals surface area (Å²) in [4.78, 5) is 27.6. The van der Waals surface area contributed by atoms with Gasteiger partial charge in [-0.2, -0.15) is 13.2 Å². The lowest BCUT2D eigenvalue weighted by Crippen LogP contribution is -2.30. The van der Waals surface area contributed by atoms with Gasteiger partial charge in [-0.05, 0) is 37.3 Å². The Morgan fingerprint density at radius 1 is 1.08 bits per heavy atom. The van der Waals surface area contributed by atoms with Gasteiger partial charge in [0.1, 0.15) is 5.82 Å². The lowest BCUT2D eigenvalue weighted by Gasteiger charge is -2.14. The third-order valence-electron chi connectivity index (χ3n) is 2.87. The van der Waals surface area contributed by atoms with Gasteiger partial charge < -0.3 is 10.6 Å². The topological polar surface area (TPSA) is 71.1 Å². The molecule has 0 unspecified atom stereocenters. The summed E-state index contributed by atoms with van der Waals surface area (Å²) in [5.41, 5.74) is -1.11. The second kappa shape index (κ2) is 6.88. The SMILES string of the molecule is Cc1cccc(NC(=O)C(=O)Nc2ccc(Cl)cc2C(F)(F)F)n1. The van der Waals surface area contributed by atoms with Crippen LogP contribution in [0.3, 0.4) is 0 Å². The number of alkyl halides is 3. The summed E-state index contributed by atoms with van der Waals surface area (Å²) in [7, 11) is 0. The van der Waals surface area contributed by atoms with Crippen molar-refractivity contribution in [2.75, 3.05) is 10.6 Å². The molecule has 5 nitrogen and oxygen atoms in total. The second-order valence-electron chi connectivity index (χ2n) is 4.76. The molecule has 1 aromatic heterocycles. The molecule has 0 aliphatic rings. The van der Waals surface area contributed by atoms with Crippen molar-refractivity contribution >= 4 is 34.9 Å². The number of carbonyl (C=O) groups is 2. The largest absolute Gasteiger partial charge is 0.418 e. The van der Waals surface area contributed by atoms with Crippen LogP contribution in [0.2, 0.25) is 5.02 Å². The molecule has 0 saturated heterocycles. The average Bonchev–Trinajstić information content (AvgIpc) is 2.48. The van der Waals surface area contributed by atoms with Crippen LogP contribution in [-0.4, -0.2) is 16.8 Å². The van der Waals surface area contributed by atoms with Crippen molar-refractivity contribution in [2.24, 2.45) is 0 Å². The number of rotatable bonds is 2. The predicted octanol–water partition coefficient (Wildman–Crippen LogP) is 3.64. The van der Waals surface area contributed by atoms with Crippen LogP contribution >= 0.6 is 11.6 Å². The van der Waals surface area contributed by atoms with Crippen LogP contribution in [0.5, 0.6) is 0 Å². The molecule has 2 rings (SSSR count). The van der Waals surface area contributed by atoms with Crippen molar-refractivity contribution in [1.82, 2.24) is 4.98 Å². The fraction of sp³-hybridized carbons (Fsp3) is 0.133. The molecule has 0 radical (unpaired) electrons. The number of anilines is 2. The van der Waals surface area contributed by atoms with Crippen molar-refractivity contribution in [3.8, 4) is 0 Å². The Hall–Kier alpha value is -2.61. The molecule has 0 bridgehead atoms. The van der Waals surface area contributed by atoms with Gasteiger partial charge in [0.15, 0.2) is 0 Å². The van der Waals surface area contributed by atoms with Crippen LogP contribution in [0.25, 0.3) is 0 Å². The first kappa shape index (κ1) is 17.7. The molecule has 0 fully saturated rings. The number of hydrogen-bond acceptors (Lipinski definition) is 3. The van der Waals surface area contributed by atoms with Gasteiger partial charge in [0.05, 0.1) is 11.3 Å². The van der Waals surface area contributed by atoms with Crippen molar-refractivity contribution in [3.05, 3.63) is 52.7 Å². The minimum absolute atomic E-state index is 0.113. The molecular formula is C15H11ClF3N3O2. The zero-order valence-corrected chi connectivity index (χ0v) is 13.0. The first-order valence-electron chi connectivity index (χ1n) is 6.59. The molecule has 2 amide bonds. The monoisotopic (exact) mass is 357 g/mol. The molecule has 0 atom stereocenters. The Kier molecular flexibility index (Phi) is 5.08. The molecule has 24 heavy (non-hydrogen) atoms. The highest BCUT2D eigenvalue weighted by molar-refractivity contribution is 6.43. The molecule has 0 saturated carbocycles. The summed E-state index contributed by atoms with van der Waals surface area (Å²) in [6, 6.07) is 7.54. The number of nitrogens with one attached hydrogen (secondary N) is 2. The fourth-order valence-corrected chi connectivity index (χ4v) is 2.00. The number of nitrogens with zero attached hydrogens (tertiary/aromatic N) is 1. The highest BCUT2D eigenvalue weighted by Gasteiger charge is 2.34. The maximum absolute atomic E-state index is 13.0. The van der Waals surface area contributed by atoms with E-state index in [-0.39, 0.29) is 10.8 Å². The molecule has 0 aliphatic heterocycles. The zero-order valence-electron chi connectivity index (χ0n) is 12.2. The summed E-state index contributed by atoms with van der Waals surface area (Å²) in [6.07, 6.45) is -4.73. The van der Waals surface area contributed by atoms with E-state index in [1.54, 1.807) is 19.1 Å². The maximum Gasteiger partial charge on any atom is 0.418 e. The standard InChI is InChI=1S/C15H11ClF3N3O2/c1-8-3-2-4-12(20-8)22-14(24)13(23)21-11-6-5-9(16)7-10(11)15(17,18)19/h2-7H,1H3,(H,21,23)(H,20,22,24). The van der Waals surface area contributed by atoms with Crippen LogP contribution < -0.4 is 10.6 Å². The number of pyridine rings is 1. The molecule has 2 aromatic rings. The number of aromatic nitrogens is 1. The average molecular weight is 358 g/mol. The molecule has 9 heteroatoms. The molecule has 0 aliphatic carbocycles. The van der Waals surface area contributed by atoms with Gasteiger partial charge >= 0.3 is 18.0 Å². The van der Waals surface area contributed by atoms with Crippen LogP contribution in [0.15, 0.2) is 36.4 Å². The number of hydrogen-bond donors (Lipinski definition) is 2. The molecule has 0 spiro atoms. The number of halogens is 4. The van der Waals surface area contributed by atoms with E-state index < -0.39 is 29.2 Å². The van der Waals surface area contributed by atoms with Gasteiger partial charge in [-0.3, -0.25) is 9.59 Å². The third-order valence-corrected chi connectivity index (χ3v) is 3.11. The molecule has 1 heterocycles. The zero-order chi connectivity index (χ0) is 17.9. The summed E-state index contributed by atoms with van der Waals surface area (Å²) in [6.45, 7) is 1.68. The highest BCUT2D eigenvalue weighted by atomic mass is 35.5. The molecule has 126 valence electrons. The van der Waals surface area contributed by atoms with E-state index in [4.69, 9.17) is 11.6 Å².